The fraction of sp³-hybridized carbons (Fsp3) is 0.278. The van der Waals surface area contributed by atoms with Crippen LogP contribution in [0.4, 0.5) is 16.2 Å². The maximum absolute atomic E-state index is 12.2. The number of amides is 4. The number of furan rings is 1. The number of nitrogens with zero attached hydrogens (tertiary/aromatic N) is 1. The van der Waals surface area contributed by atoms with Gasteiger partial charge < -0.3 is 25.3 Å². The summed E-state index contributed by atoms with van der Waals surface area (Å²) in [5, 5.41) is 7.98. The molecule has 138 valence electrons. The molecule has 8 nitrogen and oxygen atoms in total. The molecule has 2 rings (SSSR count). The van der Waals surface area contributed by atoms with Gasteiger partial charge in [-0.25, -0.2) is 4.79 Å². The van der Waals surface area contributed by atoms with Crippen molar-refractivity contribution in [1.82, 2.24) is 10.2 Å². The largest absolute Gasteiger partial charge is 0.459 e. The Bertz CT molecular complexity index is 756. The second kappa shape index (κ2) is 8.70. The van der Waals surface area contributed by atoms with Crippen molar-refractivity contribution in [2.45, 2.75) is 6.92 Å². The number of rotatable bonds is 6. The summed E-state index contributed by atoms with van der Waals surface area (Å²) in [7, 11) is 3.18. The van der Waals surface area contributed by atoms with Crippen LogP contribution in [0.2, 0.25) is 0 Å². The number of carbonyl (C=O) groups excluding carboxylic acids is 3. The monoisotopic (exact) mass is 358 g/mol. The molecule has 1 unspecified atom stereocenters. The van der Waals surface area contributed by atoms with Crippen LogP contribution in [0, 0.1) is 5.92 Å². The van der Waals surface area contributed by atoms with Gasteiger partial charge in [0, 0.05) is 32.0 Å². The predicted octanol–water partition coefficient (Wildman–Crippen LogP) is 2.38. The van der Waals surface area contributed by atoms with Gasteiger partial charge in [-0.15, -0.1) is 0 Å². The van der Waals surface area contributed by atoms with Gasteiger partial charge in [-0.1, -0.05) is 6.92 Å². The Morgan fingerprint density at radius 2 is 1.69 bits per heavy atom. The molecule has 8 heteroatoms. The van der Waals surface area contributed by atoms with Crippen LogP contribution in [0.3, 0.4) is 0 Å². The smallest absolute Gasteiger partial charge is 0.321 e. The Labute approximate surface area is 151 Å². The topological polar surface area (TPSA) is 104 Å². The normalized spacial score (nSPS) is 11.3. The van der Waals surface area contributed by atoms with E-state index in [9.17, 15) is 14.4 Å². The summed E-state index contributed by atoms with van der Waals surface area (Å²) in [5.74, 6) is -0.569. The number of carbonyl (C=O) groups is 3. The quantitative estimate of drug-likeness (QED) is 0.737. The molecule has 0 saturated carbocycles. The first-order valence-electron chi connectivity index (χ1n) is 8.09. The van der Waals surface area contributed by atoms with Crippen molar-refractivity contribution < 1.29 is 18.8 Å². The number of urea groups is 1. The first kappa shape index (κ1) is 19.0. The predicted molar refractivity (Wildman–Crippen MR) is 98.0 cm³/mol. The van der Waals surface area contributed by atoms with E-state index in [-0.39, 0.29) is 29.5 Å². The van der Waals surface area contributed by atoms with E-state index in [2.05, 4.69) is 16.0 Å². The molecule has 3 N–H and O–H groups in total. The molecule has 0 fully saturated rings. The number of nitrogens with one attached hydrogen (secondary N) is 3. The molecule has 1 aromatic heterocycles. The molecule has 0 bridgehead atoms. The van der Waals surface area contributed by atoms with Crippen LogP contribution >= 0.6 is 0 Å². The van der Waals surface area contributed by atoms with E-state index in [1.165, 1.54) is 11.2 Å². The lowest BCUT2D eigenvalue weighted by Crippen LogP contribution is -2.39. The van der Waals surface area contributed by atoms with Gasteiger partial charge in [0.2, 0.25) is 5.91 Å². The second-order valence-corrected chi connectivity index (χ2v) is 5.83. The summed E-state index contributed by atoms with van der Waals surface area (Å²) in [6.07, 6.45) is 1.43. The highest BCUT2D eigenvalue weighted by Gasteiger charge is 2.17. The van der Waals surface area contributed by atoms with Crippen molar-refractivity contribution in [3.8, 4) is 0 Å². The lowest BCUT2D eigenvalue weighted by atomic mass is 10.1. The number of hydrogen-bond donors (Lipinski definition) is 3. The Morgan fingerprint density at radius 1 is 1.08 bits per heavy atom. The van der Waals surface area contributed by atoms with Crippen LogP contribution in [-0.2, 0) is 4.79 Å². The average Bonchev–Trinajstić information content (AvgIpc) is 3.17. The van der Waals surface area contributed by atoms with Crippen molar-refractivity contribution in [3.05, 3.63) is 48.4 Å². The molecular formula is C18H22N4O4. The van der Waals surface area contributed by atoms with Gasteiger partial charge in [0.1, 0.15) is 0 Å². The standard InChI is InChI=1S/C18H22N4O4/c1-12(16(23)19-2)11-22(3)18(25)21-14-8-6-13(7-9-14)20-17(24)15-5-4-10-26-15/h4-10,12H,11H2,1-3H3,(H,19,23)(H,20,24)(H,21,25). The fourth-order valence-corrected chi connectivity index (χ4v) is 2.28. The first-order chi connectivity index (χ1) is 12.4. The van der Waals surface area contributed by atoms with Crippen LogP contribution in [0.1, 0.15) is 17.5 Å². The average molecular weight is 358 g/mol. The summed E-state index contributed by atoms with van der Waals surface area (Å²) < 4.78 is 5.02. The third-order valence-corrected chi connectivity index (χ3v) is 3.73. The molecule has 0 radical (unpaired) electrons. The van der Waals surface area contributed by atoms with Gasteiger partial charge in [-0.05, 0) is 36.4 Å². The molecule has 26 heavy (non-hydrogen) atoms. The Kier molecular flexibility index (Phi) is 6.37. The fourth-order valence-electron chi connectivity index (χ4n) is 2.28. The SMILES string of the molecule is CNC(=O)C(C)CN(C)C(=O)Nc1ccc(NC(=O)c2ccco2)cc1. The molecule has 0 aliphatic rings. The molecule has 0 spiro atoms. The molecule has 0 aliphatic carbocycles. The van der Waals surface area contributed by atoms with Crippen LogP contribution in [-0.4, -0.2) is 43.4 Å². The van der Waals surface area contributed by atoms with Crippen molar-refractivity contribution >= 4 is 29.2 Å². The van der Waals surface area contributed by atoms with E-state index in [1.807, 2.05) is 0 Å². The minimum Gasteiger partial charge on any atom is -0.459 e. The van der Waals surface area contributed by atoms with Gasteiger partial charge in [0.05, 0.1) is 12.2 Å². The van der Waals surface area contributed by atoms with Crippen molar-refractivity contribution in [2.75, 3.05) is 31.3 Å². The summed E-state index contributed by atoms with van der Waals surface area (Å²) in [4.78, 5) is 37.0. The third kappa shape index (κ3) is 5.10. The minimum absolute atomic E-state index is 0.124. The van der Waals surface area contributed by atoms with Gasteiger partial charge in [-0.2, -0.15) is 0 Å². The lowest BCUT2D eigenvalue weighted by Gasteiger charge is -2.21. The van der Waals surface area contributed by atoms with E-state index in [1.54, 1.807) is 57.4 Å². The van der Waals surface area contributed by atoms with Crippen molar-refractivity contribution in [3.63, 3.8) is 0 Å². The lowest BCUT2D eigenvalue weighted by molar-refractivity contribution is -0.124. The molecular weight excluding hydrogens is 336 g/mol. The van der Waals surface area contributed by atoms with Crippen LogP contribution in [0.25, 0.3) is 0 Å². The zero-order valence-electron chi connectivity index (χ0n) is 14.9. The minimum atomic E-state index is -0.352. The first-order valence-corrected chi connectivity index (χ1v) is 8.09. The van der Waals surface area contributed by atoms with Crippen LogP contribution in [0.15, 0.2) is 47.1 Å². The summed E-state index contributed by atoms with van der Waals surface area (Å²) in [6, 6.07) is 9.56. The van der Waals surface area contributed by atoms with E-state index in [0.717, 1.165) is 0 Å². The molecule has 4 amide bonds. The van der Waals surface area contributed by atoms with E-state index in [4.69, 9.17) is 4.42 Å². The second-order valence-electron chi connectivity index (χ2n) is 5.83. The van der Waals surface area contributed by atoms with Gasteiger partial charge in [0.15, 0.2) is 5.76 Å². The van der Waals surface area contributed by atoms with Gasteiger partial charge >= 0.3 is 6.03 Å². The maximum Gasteiger partial charge on any atom is 0.321 e. The molecule has 0 saturated heterocycles. The molecule has 1 aromatic carbocycles. The molecule has 0 aliphatic heterocycles. The Hall–Kier alpha value is -3.29. The van der Waals surface area contributed by atoms with Crippen molar-refractivity contribution in [2.24, 2.45) is 5.92 Å². The zero-order chi connectivity index (χ0) is 19.1. The van der Waals surface area contributed by atoms with E-state index < -0.39 is 0 Å². The van der Waals surface area contributed by atoms with Crippen LogP contribution in [0.5, 0.6) is 0 Å². The maximum atomic E-state index is 12.2. The molecule has 1 heterocycles. The Balaban J connectivity index is 1.89. The van der Waals surface area contributed by atoms with Crippen molar-refractivity contribution in [1.29, 1.82) is 0 Å². The van der Waals surface area contributed by atoms with E-state index >= 15 is 0 Å². The summed E-state index contributed by atoms with van der Waals surface area (Å²) >= 11 is 0. The van der Waals surface area contributed by atoms with E-state index in [0.29, 0.717) is 17.9 Å². The molecule has 1 atom stereocenters. The highest BCUT2D eigenvalue weighted by molar-refractivity contribution is 6.02. The number of hydrogen-bond acceptors (Lipinski definition) is 4. The van der Waals surface area contributed by atoms with Gasteiger partial charge in [0.25, 0.3) is 5.91 Å². The zero-order valence-corrected chi connectivity index (χ0v) is 14.9. The molecule has 2 aromatic rings. The Morgan fingerprint density at radius 3 is 2.23 bits per heavy atom. The van der Waals surface area contributed by atoms with Crippen LogP contribution < -0.4 is 16.0 Å². The highest BCUT2D eigenvalue weighted by Crippen LogP contribution is 2.15. The number of benzene rings is 1. The van der Waals surface area contributed by atoms with Gasteiger partial charge in [-0.3, -0.25) is 9.59 Å². The summed E-state index contributed by atoms with van der Waals surface area (Å²) in [6.45, 7) is 2.04. The highest BCUT2D eigenvalue weighted by atomic mass is 16.3. The third-order valence-electron chi connectivity index (χ3n) is 3.73. The summed E-state index contributed by atoms with van der Waals surface area (Å²) in [5.41, 5.74) is 1.15. The number of anilines is 2.